The summed E-state index contributed by atoms with van der Waals surface area (Å²) < 4.78 is 26.1. The summed E-state index contributed by atoms with van der Waals surface area (Å²) in [6.45, 7) is 3.36. The summed E-state index contributed by atoms with van der Waals surface area (Å²) in [7, 11) is -3.93. The van der Waals surface area contributed by atoms with E-state index < -0.39 is 22.0 Å². The fourth-order valence-electron chi connectivity index (χ4n) is 1.38. The molecule has 0 amide bonds. The summed E-state index contributed by atoms with van der Waals surface area (Å²) in [6.07, 6.45) is 0.151. The molecule has 1 aromatic rings. The van der Waals surface area contributed by atoms with Crippen molar-refractivity contribution in [2.45, 2.75) is 31.2 Å². The minimum atomic E-state index is -3.93. The number of aryl methyl sites for hydroxylation is 1. The Balaban J connectivity index is 3.10. The third kappa shape index (κ3) is 3.44. The second-order valence-corrected chi connectivity index (χ2v) is 5.94. The first-order chi connectivity index (χ1) is 8.27. The zero-order valence-electron chi connectivity index (χ0n) is 9.97. The molecule has 100 valence electrons. The number of hydrogen-bond donors (Lipinski definition) is 2. The van der Waals surface area contributed by atoms with Crippen molar-refractivity contribution in [1.29, 1.82) is 0 Å². The van der Waals surface area contributed by atoms with Crippen molar-refractivity contribution in [2.75, 3.05) is 0 Å². The molecule has 0 fully saturated rings. The highest BCUT2D eigenvalue weighted by molar-refractivity contribution is 7.89. The zero-order valence-corrected chi connectivity index (χ0v) is 11.5. The molecule has 0 aliphatic carbocycles. The molecule has 0 spiro atoms. The molecule has 0 bridgehead atoms. The highest BCUT2D eigenvalue weighted by Crippen LogP contribution is 2.22. The van der Waals surface area contributed by atoms with Crippen molar-refractivity contribution >= 4 is 27.6 Å². The van der Waals surface area contributed by atoms with Gasteiger partial charge >= 0.3 is 5.97 Å². The summed E-state index contributed by atoms with van der Waals surface area (Å²) >= 11 is 5.85. The van der Waals surface area contributed by atoms with Gasteiger partial charge in [0, 0.05) is 0 Å². The van der Waals surface area contributed by atoms with Crippen LogP contribution in [0.25, 0.3) is 0 Å². The molecule has 1 rings (SSSR count). The van der Waals surface area contributed by atoms with Gasteiger partial charge < -0.3 is 5.11 Å². The lowest BCUT2D eigenvalue weighted by Crippen LogP contribution is -2.40. The number of benzene rings is 1. The summed E-state index contributed by atoms with van der Waals surface area (Å²) in [5, 5.41) is 8.91. The number of halogens is 1. The highest BCUT2D eigenvalue weighted by Gasteiger charge is 2.25. The average molecular weight is 292 g/mol. The molecule has 0 unspecified atom stereocenters. The molecule has 0 saturated heterocycles. The van der Waals surface area contributed by atoms with E-state index in [0.717, 1.165) is 5.56 Å². The topological polar surface area (TPSA) is 83.5 Å². The van der Waals surface area contributed by atoms with Crippen molar-refractivity contribution in [3.8, 4) is 0 Å². The van der Waals surface area contributed by atoms with E-state index in [1.807, 2.05) is 0 Å². The van der Waals surface area contributed by atoms with Crippen LogP contribution in [0, 0.1) is 6.92 Å². The maximum Gasteiger partial charge on any atom is 0.321 e. The molecule has 0 heterocycles. The molecule has 0 radical (unpaired) electrons. The Morgan fingerprint density at radius 1 is 1.50 bits per heavy atom. The highest BCUT2D eigenvalue weighted by atomic mass is 35.5. The number of carbonyl (C=O) groups is 1. The quantitative estimate of drug-likeness (QED) is 0.866. The Morgan fingerprint density at radius 3 is 2.56 bits per heavy atom. The number of hydrogen-bond acceptors (Lipinski definition) is 3. The maximum atomic E-state index is 12.0. The second-order valence-electron chi connectivity index (χ2n) is 3.85. The summed E-state index contributed by atoms with van der Waals surface area (Å²) in [5.74, 6) is -1.22. The minimum Gasteiger partial charge on any atom is -0.480 e. The molecule has 7 heteroatoms. The second kappa shape index (κ2) is 5.69. The Labute approximate surface area is 111 Å². The lowest BCUT2D eigenvalue weighted by molar-refractivity contribution is -0.139. The Bertz CT molecular complexity index is 556. The average Bonchev–Trinajstić information content (AvgIpc) is 2.24. The molecule has 0 aliphatic heterocycles. The van der Waals surface area contributed by atoms with E-state index in [-0.39, 0.29) is 16.3 Å². The molecule has 5 nitrogen and oxygen atoms in total. The van der Waals surface area contributed by atoms with Crippen LogP contribution in [-0.4, -0.2) is 25.5 Å². The predicted molar refractivity (Wildman–Crippen MR) is 68.2 cm³/mol. The van der Waals surface area contributed by atoms with Crippen LogP contribution in [0.1, 0.15) is 18.9 Å². The van der Waals surface area contributed by atoms with Gasteiger partial charge in [0.1, 0.15) is 10.9 Å². The van der Waals surface area contributed by atoms with Crippen LogP contribution in [0.5, 0.6) is 0 Å². The van der Waals surface area contributed by atoms with Crippen molar-refractivity contribution < 1.29 is 18.3 Å². The van der Waals surface area contributed by atoms with Gasteiger partial charge in [-0.2, -0.15) is 4.72 Å². The summed E-state index contributed by atoms with van der Waals surface area (Å²) in [6, 6.07) is 3.31. The summed E-state index contributed by atoms with van der Waals surface area (Å²) in [5.41, 5.74) is 0.823. The number of carboxylic acid groups (broad SMARTS) is 1. The van der Waals surface area contributed by atoms with Crippen molar-refractivity contribution in [1.82, 2.24) is 4.72 Å². The standard InChI is InChI=1S/C11H14ClNO4S/c1-3-9(11(14)15)13-18(16,17)10-5-4-7(2)6-8(10)12/h4-6,9,13H,3H2,1-2H3,(H,14,15)/t9-/m0/s1. The van der Waals surface area contributed by atoms with Gasteiger partial charge in [-0.15, -0.1) is 0 Å². The fraction of sp³-hybridized carbons (Fsp3) is 0.364. The number of aliphatic carboxylic acids is 1. The van der Waals surface area contributed by atoms with E-state index in [1.165, 1.54) is 12.1 Å². The zero-order chi connectivity index (χ0) is 13.9. The van der Waals surface area contributed by atoms with Crippen molar-refractivity contribution in [2.24, 2.45) is 0 Å². The van der Waals surface area contributed by atoms with Crippen molar-refractivity contribution in [3.63, 3.8) is 0 Å². The van der Waals surface area contributed by atoms with Crippen LogP contribution in [0.2, 0.25) is 5.02 Å². The number of nitrogens with one attached hydrogen (secondary N) is 1. The van der Waals surface area contributed by atoms with E-state index in [4.69, 9.17) is 16.7 Å². The Kier molecular flexibility index (Phi) is 4.72. The fourth-order valence-corrected chi connectivity index (χ4v) is 3.25. The Morgan fingerprint density at radius 2 is 2.11 bits per heavy atom. The van der Waals surface area contributed by atoms with Crippen LogP contribution in [0.4, 0.5) is 0 Å². The van der Waals surface area contributed by atoms with Crippen LogP contribution >= 0.6 is 11.6 Å². The smallest absolute Gasteiger partial charge is 0.321 e. The molecule has 1 aromatic carbocycles. The maximum absolute atomic E-state index is 12.0. The van der Waals surface area contributed by atoms with Gasteiger partial charge in [-0.05, 0) is 31.0 Å². The molecule has 0 saturated carbocycles. The lowest BCUT2D eigenvalue weighted by Gasteiger charge is -2.13. The van der Waals surface area contributed by atoms with E-state index in [0.29, 0.717) is 0 Å². The number of carboxylic acids is 1. The molecule has 1 atom stereocenters. The van der Waals surface area contributed by atoms with E-state index in [1.54, 1.807) is 19.9 Å². The monoisotopic (exact) mass is 291 g/mol. The van der Waals surface area contributed by atoms with Gasteiger partial charge in [-0.1, -0.05) is 24.6 Å². The van der Waals surface area contributed by atoms with Crippen LogP contribution in [0.15, 0.2) is 23.1 Å². The molecular formula is C11H14ClNO4S. The SMILES string of the molecule is CC[C@H](NS(=O)(=O)c1ccc(C)cc1Cl)C(=O)O. The van der Waals surface area contributed by atoms with Gasteiger partial charge in [-0.25, -0.2) is 8.42 Å². The van der Waals surface area contributed by atoms with Gasteiger partial charge in [0.05, 0.1) is 5.02 Å². The van der Waals surface area contributed by atoms with Gasteiger partial charge in [-0.3, -0.25) is 4.79 Å². The molecule has 0 aromatic heterocycles. The van der Waals surface area contributed by atoms with Gasteiger partial charge in [0.2, 0.25) is 10.0 Å². The first kappa shape index (κ1) is 14.9. The van der Waals surface area contributed by atoms with E-state index >= 15 is 0 Å². The number of sulfonamides is 1. The van der Waals surface area contributed by atoms with Gasteiger partial charge in [0.15, 0.2) is 0 Å². The Hall–Kier alpha value is -1.11. The largest absolute Gasteiger partial charge is 0.480 e. The molecular weight excluding hydrogens is 278 g/mol. The minimum absolute atomic E-state index is 0.0720. The summed E-state index contributed by atoms with van der Waals surface area (Å²) in [4.78, 5) is 10.7. The van der Waals surface area contributed by atoms with Crippen LogP contribution in [-0.2, 0) is 14.8 Å². The molecule has 0 aliphatic rings. The van der Waals surface area contributed by atoms with E-state index in [2.05, 4.69) is 4.72 Å². The predicted octanol–water partition coefficient (Wildman–Crippen LogP) is 1.79. The van der Waals surface area contributed by atoms with Crippen LogP contribution in [0.3, 0.4) is 0 Å². The van der Waals surface area contributed by atoms with Gasteiger partial charge in [0.25, 0.3) is 0 Å². The molecule has 18 heavy (non-hydrogen) atoms. The third-order valence-electron chi connectivity index (χ3n) is 2.38. The third-order valence-corrected chi connectivity index (χ3v) is 4.34. The first-order valence-electron chi connectivity index (χ1n) is 5.29. The normalized spacial score (nSPS) is 13.3. The van der Waals surface area contributed by atoms with Crippen molar-refractivity contribution in [3.05, 3.63) is 28.8 Å². The molecule has 2 N–H and O–H groups in total. The number of rotatable bonds is 5. The van der Waals surface area contributed by atoms with Crippen LogP contribution < -0.4 is 4.72 Å². The lowest BCUT2D eigenvalue weighted by atomic mass is 10.2. The first-order valence-corrected chi connectivity index (χ1v) is 7.15. The van der Waals surface area contributed by atoms with E-state index in [9.17, 15) is 13.2 Å².